The predicted octanol–water partition coefficient (Wildman–Crippen LogP) is 2.55. The Balaban J connectivity index is 2.68. The number of carbonyl (C=O) groups excluding carboxylic acids is 1. The van der Waals surface area contributed by atoms with E-state index in [-0.39, 0.29) is 11.9 Å². The van der Waals surface area contributed by atoms with Gasteiger partial charge in [-0.15, -0.1) is 0 Å². The van der Waals surface area contributed by atoms with Crippen LogP contribution in [-0.4, -0.2) is 18.5 Å². The van der Waals surface area contributed by atoms with Crippen LogP contribution in [0.2, 0.25) is 0 Å². The minimum absolute atomic E-state index is 0.0367. The molecule has 0 radical (unpaired) electrons. The molecule has 0 saturated heterocycles. The third-order valence-electron chi connectivity index (χ3n) is 2.49. The molecule has 0 bridgehead atoms. The van der Waals surface area contributed by atoms with Crippen LogP contribution >= 0.6 is 15.9 Å². The summed E-state index contributed by atoms with van der Waals surface area (Å²) in [6, 6.07) is 7.42. The van der Waals surface area contributed by atoms with Crippen LogP contribution in [0.4, 0.5) is 0 Å². The molecule has 1 atom stereocenters. The Morgan fingerprint density at radius 2 is 2.06 bits per heavy atom. The molecule has 0 aliphatic heterocycles. The summed E-state index contributed by atoms with van der Waals surface area (Å²) in [4.78, 5) is 12.0. The number of nitrogens with two attached hydrogens (primary N) is 1. The molecule has 0 aromatic heterocycles. The van der Waals surface area contributed by atoms with Gasteiger partial charge in [-0.05, 0) is 40.4 Å². The van der Waals surface area contributed by atoms with E-state index >= 15 is 0 Å². The maximum Gasteiger partial charge on any atom is 0.252 e. The van der Waals surface area contributed by atoms with Crippen molar-refractivity contribution < 1.29 is 4.79 Å². The molecule has 1 aromatic rings. The molecule has 1 aromatic carbocycles. The maximum atomic E-state index is 12.0. The van der Waals surface area contributed by atoms with Gasteiger partial charge in [0.2, 0.25) is 0 Å². The first-order valence-corrected chi connectivity index (χ1v) is 6.59. The Morgan fingerprint density at radius 3 is 2.59 bits per heavy atom. The Kier molecular flexibility index (Phi) is 5.65. The van der Waals surface area contributed by atoms with Gasteiger partial charge < -0.3 is 11.1 Å². The highest BCUT2D eigenvalue weighted by molar-refractivity contribution is 9.10. The Labute approximate surface area is 111 Å². The van der Waals surface area contributed by atoms with E-state index in [0.29, 0.717) is 18.0 Å². The number of rotatable bonds is 5. The van der Waals surface area contributed by atoms with Crippen LogP contribution in [-0.2, 0) is 0 Å². The molecule has 94 valence electrons. The minimum atomic E-state index is -0.0754. The van der Waals surface area contributed by atoms with Gasteiger partial charge in [0.25, 0.3) is 5.91 Å². The first-order chi connectivity index (χ1) is 8.04. The van der Waals surface area contributed by atoms with Crippen molar-refractivity contribution in [1.82, 2.24) is 5.32 Å². The van der Waals surface area contributed by atoms with Crippen molar-refractivity contribution in [3.05, 3.63) is 34.3 Å². The highest BCUT2D eigenvalue weighted by Gasteiger charge is 2.15. The van der Waals surface area contributed by atoms with E-state index in [4.69, 9.17) is 5.73 Å². The molecule has 0 aliphatic carbocycles. The fourth-order valence-corrected chi connectivity index (χ4v) is 2.16. The number of hydrogen-bond donors (Lipinski definition) is 2. The fraction of sp³-hybridized carbons (Fsp3) is 0.462. The zero-order chi connectivity index (χ0) is 12.8. The van der Waals surface area contributed by atoms with Gasteiger partial charge in [0.15, 0.2) is 0 Å². The Morgan fingerprint density at radius 1 is 1.41 bits per heavy atom. The fourth-order valence-electron chi connectivity index (χ4n) is 1.69. The van der Waals surface area contributed by atoms with Gasteiger partial charge in [-0.1, -0.05) is 26.0 Å². The van der Waals surface area contributed by atoms with Gasteiger partial charge in [0.05, 0.1) is 5.56 Å². The third kappa shape index (κ3) is 4.48. The Hall–Kier alpha value is -0.870. The second-order valence-electron chi connectivity index (χ2n) is 4.52. The van der Waals surface area contributed by atoms with Crippen molar-refractivity contribution in [2.24, 2.45) is 11.7 Å². The third-order valence-corrected chi connectivity index (χ3v) is 3.19. The SMILES string of the molecule is CC(C)CC(CN)NC(=O)c1ccccc1Br. The van der Waals surface area contributed by atoms with E-state index in [1.54, 1.807) is 6.07 Å². The summed E-state index contributed by atoms with van der Waals surface area (Å²) in [5.74, 6) is 0.441. The van der Waals surface area contributed by atoms with E-state index in [2.05, 4.69) is 35.1 Å². The van der Waals surface area contributed by atoms with Crippen LogP contribution in [0.3, 0.4) is 0 Å². The molecule has 0 aliphatic rings. The highest BCUT2D eigenvalue weighted by atomic mass is 79.9. The van der Waals surface area contributed by atoms with Gasteiger partial charge in [0.1, 0.15) is 0 Å². The molecule has 0 heterocycles. The van der Waals surface area contributed by atoms with Crippen LogP contribution in [0.15, 0.2) is 28.7 Å². The molecule has 4 heteroatoms. The van der Waals surface area contributed by atoms with Gasteiger partial charge in [-0.25, -0.2) is 0 Å². The van der Waals surface area contributed by atoms with Crippen LogP contribution in [0.1, 0.15) is 30.6 Å². The summed E-state index contributed by atoms with van der Waals surface area (Å²) < 4.78 is 0.804. The smallest absolute Gasteiger partial charge is 0.252 e. The number of amides is 1. The summed E-state index contributed by atoms with van der Waals surface area (Å²) >= 11 is 3.37. The van der Waals surface area contributed by atoms with Crippen LogP contribution in [0.5, 0.6) is 0 Å². The molecule has 0 spiro atoms. The van der Waals surface area contributed by atoms with Crippen molar-refractivity contribution in [2.45, 2.75) is 26.3 Å². The monoisotopic (exact) mass is 298 g/mol. The molecular formula is C13H19BrN2O. The molecule has 3 N–H and O–H groups in total. The standard InChI is InChI=1S/C13H19BrN2O/c1-9(2)7-10(8-15)16-13(17)11-5-3-4-6-12(11)14/h3-6,9-10H,7-8,15H2,1-2H3,(H,16,17). The quantitative estimate of drug-likeness (QED) is 0.878. The van der Waals surface area contributed by atoms with Crippen molar-refractivity contribution in [3.63, 3.8) is 0 Å². The zero-order valence-electron chi connectivity index (χ0n) is 10.2. The van der Waals surface area contributed by atoms with E-state index < -0.39 is 0 Å². The van der Waals surface area contributed by atoms with Crippen molar-refractivity contribution >= 4 is 21.8 Å². The van der Waals surface area contributed by atoms with Crippen LogP contribution < -0.4 is 11.1 Å². The Bertz CT molecular complexity index is 379. The molecule has 1 unspecified atom stereocenters. The lowest BCUT2D eigenvalue weighted by Crippen LogP contribution is -2.41. The average molecular weight is 299 g/mol. The summed E-state index contributed by atoms with van der Waals surface area (Å²) in [5, 5.41) is 2.96. The second kappa shape index (κ2) is 6.77. The van der Waals surface area contributed by atoms with Crippen molar-refractivity contribution in [1.29, 1.82) is 0 Å². The molecule has 0 saturated carbocycles. The zero-order valence-corrected chi connectivity index (χ0v) is 11.8. The van der Waals surface area contributed by atoms with Gasteiger partial charge in [0, 0.05) is 17.1 Å². The molecule has 17 heavy (non-hydrogen) atoms. The van der Waals surface area contributed by atoms with E-state index in [1.807, 2.05) is 18.2 Å². The minimum Gasteiger partial charge on any atom is -0.348 e. The summed E-state index contributed by atoms with van der Waals surface area (Å²) in [5.41, 5.74) is 6.31. The van der Waals surface area contributed by atoms with Gasteiger partial charge in [-0.3, -0.25) is 4.79 Å². The van der Waals surface area contributed by atoms with Crippen LogP contribution in [0.25, 0.3) is 0 Å². The molecule has 0 fully saturated rings. The number of halogens is 1. The number of nitrogens with one attached hydrogen (secondary N) is 1. The second-order valence-corrected chi connectivity index (χ2v) is 5.37. The summed E-state index contributed by atoms with van der Waals surface area (Å²) in [6.07, 6.45) is 0.896. The van der Waals surface area contributed by atoms with Crippen molar-refractivity contribution in [2.75, 3.05) is 6.54 Å². The lowest BCUT2D eigenvalue weighted by atomic mass is 10.0. The lowest BCUT2D eigenvalue weighted by molar-refractivity contribution is 0.0933. The molecule has 1 rings (SSSR count). The van der Waals surface area contributed by atoms with E-state index in [0.717, 1.165) is 10.9 Å². The van der Waals surface area contributed by atoms with Crippen molar-refractivity contribution in [3.8, 4) is 0 Å². The summed E-state index contributed by atoms with van der Waals surface area (Å²) in [6.45, 7) is 4.70. The predicted molar refractivity (Wildman–Crippen MR) is 73.9 cm³/mol. The highest BCUT2D eigenvalue weighted by Crippen LogP contribution is 2.16. The average Bonchev–Trinajstić information content (AvgIpc) is 2.27. The van der Waals surface area contributed by atoms with Gasteiger partial charge in [-0.2, -0.15) is 0 Å². The number of carbonyl (C=O) groups is 1. The topological polar surface area (TPSA) is 55.1 Å². The first kappa shape index (κ1) is 14.2. The normalized spacial score (nSPS) is 12.5. The molecule has 3 nitrogen and oxygen atoms in total. The van der Waals surface area contributed by atoms with Gasteiger partial charge >= 0.3 is 0 Å². The number of hydrogen-bond acceptors (Lipinski definition) is 2. The lowest BCUT2D eigenvalue weighted by Gasteiger charge is -2.19. The molecular weight excluding hydrogens is 280 g/mol. The first-order valence-electron chi connectivity index (χ1n) is 5.80. The number of benzene rings is 1. The summed E-state index contributed by atoms with van der Waals surface area (Å²) in [7, 11) is 0. The van der Waals surface area contributed by atoms with Crippen LogP contribution in [0, 0.1) is 5.92 Å². The molecule has 1 amide bonds. The van der Waals surface area contributed by atoms with E-state index in [9.17, 15) is 4.79 Å². The maximum absolute atomic E-state index is 12.0. The van der Waals surface area contributed by atoms with E-state index in [1.165, 1.54) is 0 Å². The largest absolute Gasteiger partial charge is 0.348 e.